The quantitative estimate of drug-likeness (QED) is 0.868. The highest BCUT2D eigenvalue weighted by atomic mass is 32.1. The van der Waals surface area contributed by atoms with Gasteiger partial charge in [0, 0.05) is 10.9 Å². The molecular weight excluding hydrogens is 294 g/mol. The summed E-state index contributed by atoms with van der Waals surface area (Å²) in [6.45, 7) is 3.24. The van der Waals surface area contributed by atoms with Crippen molar-refractivity contribution >= 4 is 17.3 Å². The van der Waals surface area contributed by atoms with Crippen LogP contribution in [0.3, 0.4) is 0 Å². The number of thiophene rings is 1. The molecule has 1 aromatic carbocycles. The molecule has 3 nitrogen and oxygen atoms in total. The average molecular weight is 315 g/mol. The fraction of sp³-hybridized carbons (Fsp3) is 0.389. The number of esters is 1. The van der Waals surface area contributed by atoms with Crippen molar-refractivity contribution in [1.82, 2.24) is 5.32 Å². The summed E-state index contributed by atoms with van der Waals surface area (Å²) in [5.74, 6) is 0.340. The fourth-order valence-corrected chi connectivity index (χ4v) is 4.03. The van der Waals surface area contributed by atoms with E-state index >= 15 is 0 Å². The van der Waals surface area contributed by atoms with Crippen LogP contribution in [0.2, 0.25) is 0 Å². The summed E-state index contributed by atoms with van der Waals surface area (Å²) in [6.07, 6.45) is 2.30. The molecule has 2 aromatic rings. The summed E-state index contributed by atoms with van der Waals surface area (Å²) in [6, 6.07) is 10.4. The standard InChI is InChI=1S/C18H21NO2S/c1-12-16(8-10-22-12)15-7-9-19-17(11-15)13-3-5-14(6-4-13)18(20)21-2/h3-6,8,10,15,17,19H,7,9,11H2,1-2H3/t15?,17-/m0/s1. The van der Waals surface area contributed by atoms with Crippen LogP contribution in [0.25, 0.3) is 0 Å². The minimum absolute atomic E-state index is 0.282. The van der Waals surface area contributed by atoms with Crippen molar-refractivity contribution in [3.8, 4) is 0 Å². The second kappa shape index (κ2) is 6.63. The normalized spacial score (nSPS) is 21.5. The molecule has 0 bridgehead atoms. The van der Waals surface area contributed by atoms with Gasteiger partial charge in [0.1, 0.15) is 0 Å². The lowest BCUT2D eigenvalue weighted by atomic mass is 9.84. The molecule has 1 saturated heterocycles. The van der Waals surface area contributed by atoms with E-state index < -0.39 is 0 Å². The van der Waals surface area contributed by atoms with Crippen LogP contribution in [-0.2, 0) is 4.74 Å². The van der Waals surface area contributed by atoms with Crippen molar-refractivity contribution in [1.29, 1.82) is 0 Å². The maximum Gasteiger partial charge on any atom is 0.337 e. The van der Waals surface area contributed by atoms with Crippen LogP contribution in [0, 0.1) is 6.92 Å². The predicted molar refractivity (Wildman–Crippen MR) is 89.6 cm³/mol. The fourth-order valence-electron chi connectivity index (χ4n) is 3.24. The Morgan fingerprint density at radius 1 is 1.27 bits per heavy atom. The van der Waals surface area contributed by atoms with Crippen molar-refractivity contribution < 1.29 is 9.53 Å². The van der Waals surface area contributed by atoms with E-state index in [2.05, 4.69) is 23.7 Å². The minimum Gasteiger partial charge on any atom is -0.465 e. The highest BCUT2D eigenvalue weighted by molar-refractivity contribution is 7.10. The molecule has 1 unspecified atom stereocenters. The summed E-state index contributed by atoms with van der Waals surface area (Å²) in [4.78, 5) is 12.9. The lowest BCUT2D eigenvalue weighted by molar-refractivity contribution is 0.0600. The predicted octanol–water partition coefficient (Wildman–Crippen LogP) is 4.05. The Bertz CT molecular complexity index is 647. The summed E-state index contributed by atoms with van der Waals surface area (Å²) in [5, 5.41) is 5.78. The van der Waals surface area contributed by atoms with Gasteiger partial charge in [-0.2, -0.15) is 0 Å². The van der Waals surface area contributed by atoms with Gasteiger partial charge in [-0.3, -0.25) is 0 Å². The molecule has 0 spiro atoms. The number of benzene rings is 1. The van der Waals surface area contributed by atoms with Crippen LogP contribution < -0.4 is 5.32 Å². The van der Waals surface area contributed by atoms with Crippen LogP contribution in [-0.4, -0.2) is 19.6 Å². The monoisotopic (exact) mass is 315 g/mol. The number of ether oxygens (including phenoxy) is 1. The molecule has 22 heavy (non-hydrogen) atoms. The van der Waals surface area contributed by atoms with Gasteiger partial charge >= 0.3 is 5.97 Å². The van der Waals surface area contributed by atoms with Crippen molar-refractivity contribution in [3.63, 3.8) is 0 Å². The van der Waals surface area contributed by atoms with Crippen molar-refractivity contribution in [2.24, 2.45) is 0 Å². The van der Waals surface area contributed by atoms with E-state index in [0.29, 0.717) is 17.5 Å². The molecule has 0 saturated carbocycles. The van der Waals surface area contributed by atoms with Gasteiger partial charge in [0.15, 0.2) is 0 Å². The Labute approximate surface area is 135 Å². The van der Waals surface area contributed by atoms with Crippen LogP contribution >= 0.6 is 11.3 Å². The molecule has 1 aliphatic heterocycles. The van der Waals surface area contributed by atoms with Gasteiger partial charge in [0.25, 0.3) is 0 Å². The maximum absolute atomic E-state index is 11.5. The van der Waals surface area contributed by atoms with Gasteiger partial charge in [0.05, 0.1) is 12.7 Å². The Kier molecular flexibility index (Phi) is 4.60. The van der Waals surface area contributed by atoms with E-state index in [1.165, 1.54) is 29.5 Å². The van der Waals surface area contributed by atoms with Gasteiger partial charge in [-0.05, 0) is 66.9 Å². The second-order valence-electron chi connectivity index (χ2n) is 5.77. The number of carbonyl (C=O) groups is 1. The molecule has 116 valence electrons. The Balaban J connectivity index is 1.74. The first-order valence-corrected chi connectivity index (χ1v) is 8.52. The molecule has 1 aliphatic rings. The minimum atomic E-state index is -0.282. The van der Waals surface area contributed by atoms with E-state index in [9.17, 15) is 4.79 Å². The highest BCUT2D eigenvalue weighted by Crippen LogP contribution is 2.37. The van der Waals surface area contributed by atoms with E-state index in [1.807, 2.05) is 35.6 Å². The van der Waals surface area contributed by atoms with E-state index in [-0.39, 0.29) is 5.97 Å². The van der Waals surface area contributed by atoms with Gasteiger partial charge in [-0.1, -0.05) is 12.1 Å². The van der Waals surface area contributed by atoms with Crippen LogP contribution in [0.15, 0.2) is 35.7 Å². The number of piperidine rings is 1. The van der Waals surface area contributed by atoms with Gasteiger partial charge in [-0.25, -0.2) is 4.79 Å². The van der Waals surface area contributed by atoms with Crippen molar-refractivity contribution in [2.75, 3.05) is 13.7 Å². The Morgan fingerprint density at radius 3 is 2.68 bits per heavy atom. The third kappa shape index (κ3) is 3.08. The van der Waals surface area contributed by atoms with Crippen LogP contribution in [0.5, 0.6) is 0 Å². The van der Waals surface area contributed by atoms with Crippen molar-refractivity contribution in [2.45, 2.75) is 31.7 Å². The van der Waals surface area contributed by atoms with Gasteiger partial charge in [-0.15, -0.1) is 11.3 Å². The first-order valence-electron chi connectivity index (χ1n) is 7.64. The van der Waals surface area contributed by atoms with Crippen molar-refractivity contribution in [3.05, 3.63) is 57.3 Å². The molecule has 2 heterocycles. The molecule has 0 amide bonds. The molecule has 1 N–H and O–H groups in total. The zero-order valence-electron chi connectivity index (χ0n) is 13.0. The Hall–Kier alpha value is -1.65. The summed E-state index contributed by atoms with van der Waals surface area (Å²) >= 11 is 1.83. The molecule has 0 radical (unpaired) electrons. The summed E-state index contributed by atoms with van der Waals surface area (Å²) in [5.41, 5.74) is 3.35. The first kappa shape index (κ1) is 15.3. The topological polar surface area (TPSA) is 38.3 Å². The maximum atomic E-state index is 11.5. The number of aryl methyl sites for hydroxylation is 1. The van der Waals surface area contributed by atoms with Gasteiger partial charge < -0.3 is 10.1 Å². The second-order valence-corrected chi connectivity index (χ2v) is 6.89. The number of rotatable bonds is 3. The number of nitrogens with one attached hydrogen (secondary N) is 1. The number of carbonyl (C=O) groups excluding carboxylic acids is 1. The largest absolute Gasteiger partial charge is 0.465 e. The third-order valence-electron chi connectivity index (χ3n) is 4.48. The summed E-state index contributed by atoms with van der Waals surface area (Å²) < 4.78 is 4.75. The SMILES string of the molecule is COC(=O)c1ccc([C@@H]2CC(c3ccsc3C)CCN2)cc1. The number of methoxy groups -OCH3 is 1. The smallest absolute Gasteiger partial charge is 0.337 e. The summed E-state index contributed by atoms with van der Waals surface area (Å²) in [7, 11) is 1.41. The highest BCUT2D eigenvalue weighted by Gasteiger charge is 2.25. The number of hydrogen-bond donors (Lipinski definition) is 1. The lowest BCUT2D eigenvalue weighted by Gasteiger charge is -2.31. The molecule has 3 rings (SSSR count). The van der Waals surface area contributed by atoms with E-state index in [0.717, 1.165) is 13.0 Å². The number of hydrogen-bond acceptors (Lipinski definition) is 4. The molecule has 4 heteroatoms. The molecule has 2 atom stereocenters. The average Bonchev–Trinajstić information content (AvgIpc) is 3.00. The third-order valence-corrected chi connectivity index (χ3v) is 5.34. The lowest BCUT2D eigenvalue weighted by Crippen LogP contribution is -2.31. The molecular formula is C18H21NO2S. The molecule has 1 aromatic heterocycles. The zero-order valence-corrected chi connectivity index (χ0v) is 13.8. The Morgan fingerprint density at radius 2 is 2.05 bits per heavy atom. The van der Waals surface area contributed by atoms with Gasteiger partial charge in [0.2, 0.25) is 0 Å². The van der Waals surface area contributed by atoms with Crippen LogP contribution in [0.4, 0.5) is 0 Å². The first-order chi connectivity index (χ1) is 10.7. The molecule has 0 aliphatic carbocycles. The zero-order chi connectivity index (χ0) is 15.5. The molecule has 1 fully saturated rings. The van der Waals surface area contributed by atoms with E-state index in [4.69, 9.17) is 4.74 Å². The van der Waals surface area contributed by atoms with E-state index in [1.54, 1.807) is 0 Å². The van der Waals surface area contributed by atoms with Crippen LogP contribution in [0.1, 0.15) is 51.2 Å².